The maximum atomic E-state index is 12.3. The van der Waals surface area contributed by atoms with Crippen LogP contribution in [0.5, 0.6) is 0 Å². The van der Waals surface area contributed by atoms with E-state index >= 15 is 0 Å². The van der Waals surface area contributed by atoms with E-state index in [2.05, 4.69) is 10.00 Å². The maximum Gasteiger partial charge on any atom is 0.227 e. The molecule has 6 heteroatoms. The van der Waals surface area contributed by atoms with Crippen molar-refractivity contribution in [1.29, 1.82) is 0 Å². The Morgan fingerprint density at radius 3 is 2.91 bits per heavy atom. The van der Waals surface area contributed by atoms with Gasteiger partial charge >= 0.3 is 0 Å². The average molecular weight is 333 g/mol. The maximum absolute atomic E-state index is 12.3. The molecule has 5 rings (SSSR count). The number of halogens is 1. The van der Waals surface area contributed by atoms with Crippen molar-refractivity contribution in [2.75, 3.05) is 20.1 Å². The first-order valence-electron chi connectivity index (χ1n) is 8.13. The first kappa shape index (κ1) is 15.0. The number of carbonyl (C=O) groups excluding carboxylic acids is 1. The second kappa shape index (κ2) is 5.49. The van der Waals surface area contributed by atoms with E-state index in [1.54, 1.807) is 0 Å². The molecule has 2 aromatic rings. The third kappa shape index (κ3) is 2.42. The Hall–Kier alpha value is -1.59. The monoisotopic (exact) mass is 332 g/mol. The highest BCUT2D eigenvalue weighted by molar-refractivity contribution is 6.35. The van der Waals surface area contributed by atoms with Gasteiger partial charge in [0.1, 0.15) is 0 Å². The van der Waals surface area contributed by atoms with Crippen LogP contribution in [0.15, 0.2) is 18.2 Å². The molecule has 2 atom stereocenters. The van der Waals surface area contributed by atoms with Crippen molar-refractivity contribution in [3.05, 3.63) is 28.9 Å². The molecule has 3 aliphatic heterocycles. The molecule has 0 N–H and O–H groups in total. The lowest BCUT2D eigenvalue weighted by molar-refractivity contribution is -0.138. The summed E-state index contributed by atoms with van der Waals surface area (Å²) in [6.45, 7) is 2.48. The molecule has 1 amide bonds. The van der Waals surface area contributed by atoms with Crippen LogP contribution in [0.2, 0.25) is 5.02 Å². The predicted octanol–water partition coefficient (Wildman–Crippen LogP) is 2.28. The van der Waals surface area contributed by atoms with Crippen LogP contribution in [0.4, 0.5) is 0 Å². The summed E-state index contributed by atoms with van der Waals surface area (Å²) >= 11 is 6.41. The summed E-state index contributed by atoms with van der Waals surface area (Å²) < 4.78 is 1.89. The molecule has 3 fully saturated rings. The Morgan fingerprint density at radius 2 is 2.09 bits per heavy atom. The number of amides is 1. The Morgan fingerprint density at radius 1 is 1.26 bits per heavy atom. The van der Waals surface area contributed by atoms with E-state index in [4.69, 9.17) is 11.6 Å². The van der Waals surface area contributed by atoms with Crippen LogP contribution in [0.25, 0.3) is 10.9 Å². The lowest BCUT2D eigenvalue weighted by Crippen LogP contribution is -2.45. The standard InChI is InChI=1S/C17H21ClN4O/c1-20-12-7-6-11(17(20)23)8-22(9-12)10-14-16-13(18)4-3-5-15(16)21(2)19-14/h3-5,11-12H,6-10H2,1-2H3/t11-,12+/m0/s1. The largest absolute Gasteiger partial charge is 0.341 e. The molecule has 4 heterocycles. The number of carbonyl (C=O) groups is 1. The number of hydrogen-bond acceptors (Lipinski definition) is 3. The van der Waals surface area contributed by atoms with Gasteiger partial charge in [0.15, 0.2) is 0 Å². The van der Waals surface area contributed by atoms with Crippen molar-refractivity contribution in [2.24, 2.45) is 13.0 Å². The number of nitrogens with zero attached hydrogens (tertiary/aromatic N) is 4. The number of benzene rings is 1. The van der Waals surface area contributed by atoms with Crippen molar-refractivity contribution in [1.82, 2.24) is 19.6 Å². The number of rotatable bonds is 2. The van der Waals surface area contributed by atoms with Crippen LogP contribution in [-0.2, 0) is 18.4 Å². The van der Waals surface area contributed by atoms with Gasteiger partial charge in [0.2, 0.25) is 5.91 Å². The smallest absolute Gasteiger partial charge is 0.227 e. The van der Waals surface area contributed by atoms with E-state index < -0.39 is 0 Å². The van der Waals surface area contributed by atoms with Gasteiger partial charge in [-0.3, -0.25) is 14.4 Å². The third-order valence-electron chi connectivity index (χ3n) is 5.31. The molecule has 0 spiro atoms. The minimum Gasteiger partial charge on any atom is -0.341 e. The van der Waals surface area contributed by atoms with Crippen molar-refractivity contribution in [3.8, 4) is 0 Å². The fourth-order valence-corrected chi connectivity index (χ4v) is 4.33. The van der Waals surface area contributed by atoms with Gasteiger partial charge in [0.25, 0.3) is 0 Å². The summed E-state index contributed by atoms with van der Waals surface area (Å²) in [7, 11) is 3.89. The number of likely N-dealkylation sites (N-methyl/N-ethyl adjacent to an activating group) is 1. The van der Waals surface area contributed by atoms with Crippen LogP contribution < -0.4 is 0 Å². The number of hydrogen-bond donors (Lipinski definition) is 0. The molecule has 3 saturated heterocycles. The van der Waals surface area contributed by atoms with Crippen LogP contribution in [0.3, 0.4) is 0 Å². The molecular formula is C17H21ClN4O. The molecule has 1 aromatic carbocycles. The number of fused-ring (bicyclic) bond motifs is 5. The highest BCUT2D eigenvalue weighted by atomic mass is 35.5. The SMILES string of the molecule is CN1C(=O)[C@H]2CC[C@@H]1CN(Cc1nn(C)c3cccc(Cl)c13)C2. The molecule has 23 heavy (non-hydrogen) atoms. The first-order chi connectivity index (χ1) is 11.0. The summed E-state index contributed by atoms with van der Waals surface area (Å²) in [6.07, 6.45) is 2.11. The zero-order valence-corrected chi connectivity index (χ0v) is 14.3. The summed E-state index contributed by atoms with van der Waals surface area (Å²) in [5.74, 6) is 0.428. The molecule has 2 bridgehead atoms. The fourth-order valence-electron chi connectivity index (χ4n) is 4.05. The van der Waals surface area contributed by atoms with Crippen molar-refractivity contribution in [3.63, 3.8) is 0 Å². The molecule has 0 unspecified atom stereocenters. The van der Waals surface area contributed by atoms with Gasteiger partial charge in [-0.25, -0.2) is 0 Å². The highest BCUT2D eigenvalue weighted by Gasteiger charge is 2.38. The quantitative estimate of drug-likeness (QED) is 0.847. The summed E-state index contributed by atoms with van der Waals surface area (Å²) in [6, 6.07) is 6.24. The van der Waals surface area contributed by atoms with Gasteiger partial charge < -0.3 is 4.90 Å². The third-order valence-corrected chi connectivity index (χ3v) is 5.63. The number of aryl methyl sites for hydroxylation is 1. The van der Waals surface area contributed by atoms with E-state index in [1.807, 2.05) is 41.9 Å². The summed E-state index contributed by atoms with van der Waals surface area (Å²) in [4.78, 5) is 16.6. The zero-order valence-electron chi connectivity index (χ0n) is 13.5. The first-order valence-corrected chi connectivity index (χ1v) is 8.51. The van der Waals surface area contributed by atoms with Crippen molar-refractivity contribution in [2.45, 2.75) is 25.4 Å². The average Bonchev–Trinajstić information content (AvgIpc) is 2.68. The van der Waals surface area contributed by atoms with E-state index in [0.717, 1.165) is 54.1 Å². The molecule has 122 valence electrons. The highest BCUT2D eigenvalue weighted by Crippen LogP contribution is 2.31. The van der Waals surface area contributed by atoms with Gasteiger partial charge in [0.05, 0.1) is 22.2 Å². The van der Waals surface area contributed by atoms with Crippen LogP contribution >= 0.6 is 11.6 Å². The van der Waals surface area contributed by atoms with E-state index in [0.29, 0.717) is 11.9 Å². The van der Waals surface area contributed by atoms with Gasteiger partial charge in [-0.1, -0.05) is 17.7 Å². The molecule has 0 aliphatic carbocycles. The van der Waals surface area contributed by atoms with Gasteiger partial charge in [-0.05, 0) is 25.0 Å². The Balaban J connectivity index is 1.65. The minimum atomic E-state index is 0.129. The fraction of sp³-hybridized carbons (Fsp3) is 0.529. The minimum absolute atomic E-state index is 0.129. The topological polar surface area (TPSA) is 41.4 Å². The zero-order chi connectivity index (χ0) is 16.1. The summed E-state index contributed by atoms with van der Waals surface area (Å²) in [5, 5.41) is 6.46. The summed E-state index contributed by atoms with van der Waals surface area (Å²) in [5.41, 5.74) is 2.06. The normalized spacial score (nSPS) is 25.3. The molecule has 0 saturated carbocycles. The second-order valence-corrected chi connectivity index (χ2v) is 7.18. The number of aromatic nitrogens is 2. The molecule has 5 nitrogen and oxygen atoms in total. The molecular weight excluding hydrogens is 312 g/mol. The Bertz CT molecular complexity index is 771. The van der Waals surface area contributed by atoms with Crippen molar-refractivity contribution >= 4 is 28.4 Å². The van der Waals surface area contributed by atoms with Crippen LogP contribution in [0.1, 0.15) is 18.5 Å². The molecule has 1 aromatic heterocycles. The van der Waals surface area contributed by atoms with E-state index in [9.17, 15) is 4.79 Å². The van der Waals surface area contributed by atoms with E-state index in [-0.39, 0.29) is 5.92 Å². The van der Waals surface area contributed by atoms with Gasteiger partial charge in [0, 0.05) is 45.2 Å². The lowest BCUT2D eigenvalue weighted by atomic mass is 9.95. The number of piperidine rings is 1. The second-order valence-electron chi connectivity index (χ2n) is 6.78. The van der Waals surface area contributed by atoms with Crippen molar-refractivity contribution < 1.29 is 4.79 Å². The van der Waals surface area contributed by atoms with E-state index in [1.165, 1.54) is 0 Å². The van der Waals surface area contributed by atoms with Crippen LogP contribution in [-0.4, -0.2) is 51.7 Å². The Labute approximate surface area is 140 Å². The van der Waals surface area contributed by atoms with Gasteiger partial charge in [-0.2, -0.15) is 5.10 Å². The van der Waals surface area contributed by atoms with Gasteiger partial charge in [-0.15, -0.1) is 0 Å². The predicted molar refractivity (Wildman–Crippen MR) is 90.3 cm³/mol. The lowest BCUT2D eigenvalue weighted by Gasteiger charge is -2.32. The Kier molecular flexibility index (Phi) is 3.58. The van der Waals surface area contributed by atoms with Crippen LogP contribution in [0, 0.1) is 5.92 Å². The molecule has 0 radical (unpaired) electrons. The molecule has 3 aliphatic rings.